The number of hydrogen-bond acceptors (Lipinski definition) is 6. The molecule has 1 aromatic carbocycles. The Hall–Kier alpha value is -3.23. The number of H-pyrrole nitrogens is 1. The van der Waals surface area contributed by atoms with Gasteiger partial charge in [0.1, 0.15) is 12.4 Å². The van der Waals surface area contributed by atoms with Crippen LogP contribution < -0.4 is 31.4 Å². The van der Waals surface area contributed by atoms with E-state index < -0.39 is 23.3 Å². The maximum Gasteiger partial charge on any atom is 0.330 e. The lowest BCUT2D eigenvalue weighted by Crippen LogP contribution is -2.47. The topological polar surface area (TPSA) is 120 Å². The lowest BCUT2D eigenvalue weighted by Gasteiger charge is -2.29. The van der Waals surface area contributed by atoms with Crippen molar-refractivity contribution in [3.8, 4) is 11.5 Å². The molecule has 9 heteroatoms. The third kappa shape index (κ3) is 3.53. The van der Waals surface area contributed by atoms with E-state index in [4.69, 9.17) is 15.2 Å². The van der Waals surface area contributed by atoms with Crippen LogP contribution in [0.1, 0.15) is 19.8 Å². The van der Waals surface area contributed by atoms with Gasteiger partial charge in [0.15, 0.2) is 17.2 Å². The van der Waals surface area contributed by atoms with Crippen LogP contribution in [0.3, 0.4) is 0 Å². The number of unbranched alkanes of at least 4 members (excludes halogenated alkanes) is 1. The number of aromatic amines is 1. The number of carbonyl (C=O) groups is 1. The number of fused-ring (bicyclic) bond motifs is 1. The third-order valence-electron chi connectivity index (χ3n) is 4.40. The summed E-state index contributed by atoms with van der Waals surface area (Å²) in [6, 6.07) is 7.01. The van der Waals surface area contributed by atoms with Gasteiger partial charge in [-0.25, -0.2) is 4.79 Å². The fourth-order valence-corrected chi connectivity index (χ4v) is 2.91. The molecule has 27 heavy (non-hydrogen) atoms. The second-order valence-electron chi connectivity index (χ2n) is 6.26. The summed E-state index contributed by atoms with van der Waals surface area (Å²) in [5.41, 5.74) is 4.64. The van der Waals surface area contributed by atoms with Crippen molar-refractivity contribution < 1.29 is 14.3 Å². The number of para-hydroxylation sites is 2. The molecule has 3 N–H and O–H groups in total. The highest BCUT2D eigenvalue weighted by atomic mass is 16.6. The van der Waals surface area contributed by atoms with Gasteiger partial charge in [-0.15, -0.1) is 0 Å². The van der Waals surface area contributed by atoms with Crippen LogP contribution in [-0.2, 0) is 11.3 Å². The Balaban J connectivity index is 1.89. The van der Waals surface area contributed by atoms with Crippen LogP contribution in [-0.4, -0.2) is 35.2 Å². The lowest BCUT2D eigenvalue weighted by molar-refractivity contribution is -0.127. The first-order valence-electron chi connectivity index (χ1n) is 8.72. The number of nitrogens with zero attached hydrogens (tertiary/aromatic N) is 2. The van der Waals surface area contributed by atoms with Crippen LogP contribution in [0.15, 0.2) is 33.9 Å². The molecule has 3 rings (SSSR count). The maximum absolute atomic E-state index is 12.8. The van der Waals surface area contributed by atoms with E-state index in [2.05, 4.69) is 4.98 Å². The molecule has 9 nitrogen and oxygen atoms in total. The molecule has 0 saturated carbocycles. The molecule has 0 aliphatic carbocycles. The summed E-state index contributed by atoms with van der Waals surface area (Å²) in [7, 11) is 1.42. The highest BCUT2D eigenvalue weighted by Crippen LogP contribution is 2.31. The quantitative estimate of drug-likeness (QED) is 0.796. The Bertz CT molecular complexity index is 965. The molecule has 1 aromatic heterocycles. The monoisotopic (exact) mass is 374 g/mol. The number of ether oxygens (including phenoxy) is 2. The highest BCUT2D eigenvalue weighted by Gasteiger charge is 2.32. The Morgan fingerprint density at radius 1 is 1.33 bits per heavy atom. The van der Waals surface area contributed by atoms with Gasteiger partial charge < -0.3 is 20.1 Å². The summed E-state index contributed by atoms with van der Waals surface area (Å²) in [6.45, 7) is 2.33. The zero-order valence-electron chi connectivity index (χ0n) is 15.2. The number of nitrogens with one attached hydrogen (secondary N) is 1. The Labute approximate surface area is 155 Å². The highest BCUT2D eigenvalue weighted by molar-refractivity contribution is 5.98. The second kappa shape index (κ2) is 7.56. The van der Waals surface area contributed by atoms with E-state index in [1.807, 2.05) is 6.92 Å². The molecule has 144 valence electrons. The molecule has 1 atom stereocenters. The minimum atomic E-state index is -0.931. The van der Waals surface area contributed by atoms with Crippen LogP contribution in [0, 0.1) is 0 Å². The van der Waals surface area contributed by atoms with Crippen LogP contribution in [0.2, 0.25) is 0 Å². The van der Waals surface area contributed by atoms with Gasteiger partial charge in [-0.05, 0) is 18.6 Å². The Kier molecular flexibility index (Phi) is 5.20. The van der Waals surface area contributed by atoms with Gasteiger partial charge in [-0.1, -0.05) is 25.5 Å². The van der Waals surface area contributed by atoms with Gasteiger partial charge in [-0.2, -0.15) is 0 Å². The minimum absolute atomic E-state index is 0.00741. The van der Waals surface area contributed by atoms with Gasteiger partial charge in [0.25, 0.3) is 11.5 Å². The predicted molar refractivity (Wildman–Crippen MR) is 100 cm³/mol. The Morgan fingerprint density at radius 2 is 2.04 bits per heavy atom. The third-order valence-corrected chi connectivity index (χ3v) is 4.40. The zero-order chi connectivity index (χ0) is 19.6. The van der Waals surface area contributed by atoms with Crippen molar-refractivity contribution in [2.24, 2.45) is 0 Å². The zero-order valence-corrected chi connectivity index (χ0v) is 15.2. The lowest BCUT2D eigenvalue weighted by atomic mass is 10.2. The molecule has 0 bridgehead atoms. The molecule has 1 aliphatic rings. The molecular formula is C18H22N4O5. The molecule has 0 spiro atoms. The number of hydrogen-bond donors (Lipinski definition) is 2. The number of benzene rings is 1. The van der Waals surface area contributed by atoms with E-state index in [9.17, 15) is 14.4 Å². The molecule has 0 saturated heterocycles. The van der Waals surface area contributed by atoms with E-state index >= 15 is 0 Å². The number of carbonyl (C=O) groups excluding carboxylic acids is 1. The molecule has 2 heterocycles. The van der Waals surface area contributed by atoms with Crippen molar-refractivity contribution in [2.45, 2.75) is 32.4 Å². The van der Waals surface area contributed by atoms with Crippen molar-refractivity contribution in [1.29, 1.82) is 0 Å². The SMILES string of the molecule is CCCCn1c(N)c(N(C)C(=O)[C@@H]2COc3ccccc3O2)c(=O)[nH]c1=O. The van der Waals surface area contributed by atoms with Gasteiger partial charge in [-0.3, -0.25) is 19.1 Å². The summed E-state index contributed by atoms with van der Waals surface area (Å²) in [4.78, 5) is 40.5. The normalized spacial score (nSPS) is 15.4. The van der Waals surface area contributed by atoms with Gasteiger partial charge in [0, 0.05) is 13.6 Å². The number of nitrogens with two attached hydrogens (primary N) is 1. The van der Waals surface area contributed by atoms with Crippen molar-refractivity contribution in [2.75, 3.05) is 24.3 Å². The fourth-order valence-electron chi connectivity index (χ4n) is 2.91. The average Bonchev–Trinajstić information content (AvgIpc) is 2.66. The van der Waals surface area contributed by atoms with Gasteiger partial charge >= 0.3 is 5.69 Å². The van der Waals surface area contributed by atoms with Crippen LogP contribution in [0.5, 0.6) is 11.5 Å². The van der Waals surface area contributed by atoms with Gasteiger partial charge in [0.05, 0.1) is 0 Å². The second-order valence-corrected chi connectivity index (χ2v) is 6.26. The smallest absolute Gasteiger partial charge is 0.330 e. The van der Waals surface area contributed by atoms with E-state index in [1.54, 1.807) is 24.3 Å². The fraction of sp³-hybridized carbons (Fsp3) is 0.389. The first kappa shape index (κ1) is 18.6. The average molecular weight is 374 g/mol. The maximum atomic E-state index is 12.8. The van der Waals surface area contributed by atoms with E-state index in [1.165, 1.54) is 11.6 Å². The largest absolute Gasteiger partial charge is 0.485 e. The molecule has 1 aliphatic heterocycles. The summed E-state index contributed by atoms with van der Waals surface area (Å²) in [6.07, 6.45) is 0.630. The van der Waals surface area contributed by atoms with E-state index in [0.717, 1.165) is 11.3 Å². The summed E-state index contributed by atoms with van der Waals surface area (Å²) in [5, 5.41) is 0. The number of anilines is 2. The number of likely N-dealkylation sites (N-methyl/N-ethyl adjacent to an activating group) is 1. The number of amides is 1. The first-order chi connectivity index (χ1) is 12.9. The van der Waals surface area contributed by atoms with E-state index in [0.29, 0.717) is 24.5 Å². The van der Waals surface area contributed by atoms with Crippen molar-refractivity contribution in [1.82, 2.24) is 9.55 Å². The van der Waals surface area contributed by atoms with Crippen molar-refractivity contribution in [3.05, 3.63) is 45.1 Å². The molecule has 0 radical (unpaired) electrons. The summed E-state index contributed by atoms with van der Waals surface area (Å²) < 4.78 is 12.5. The first-order valence-corrected chi connectivity index (χ1v) is 8.72. The number of rotatable bonds is 5. The minimum Gasteiger partial charge on any atom is -0.485 e. The Morgan fingerprint density at radius 3 is 2.74 bits per heavy atom. The number of aromatic nitrogens is 2. The van der Waals surface area contributed by atoms with Crippen LogP contribution in [0.4, 0.5) is 11.5 Å². The van der Waals surface area contributed by atoms with Crippen molar-refractivity contribution in [3.63, 3.8) is 0 Å². The van der Waals surface area contributed by atoms with Crippen molar-refractivity contribution >= 4 is 17.4 Å². The molecular weight excluding hydrogens is 352 g/mol. The molecule has 0 fully saturated rings. The standard InChI is InChI=1S/C18H22N4O5/c1-3-4-9-22-15(19)14(16(23)20-18(22)25)21(2)17(24)13-10-26-11-7-5-6-8-12(11)27-13/h5-8,13H,3-4,9-10,19H2,1-2H3,(H,20,23,25)/t13-/m0/s1. The molecule has 2 aromatic rings. The van der Waals surface area contributed by atoms with Crippen LogP contribution >= 0.6 is 0 Å². The summed E-state index contributed by atoms with van der Waals surface area (Å²) >= 11 is 0. The van der Waals surface area contributed by atoms with Crippen LogP contribution in [0.25, 0.3) is 0 Å². The number of nitrogen functional groups attached to an aromatic ring is 1. The molecule has 0 unspecified atom stereocenters. The predicted octanol–water partition coefficient (Wildman–Crippen LogP) is 0.722. The van der Waals surface area contributed by atoms with Gasteiger partial charge in [0.2, 0.25) is 6.10 Å². The molecule has 1 amide bonds. The summed E-state index contributed by atoms with van der Waals surface area (Å²) in [5.74, 6) is 0.451. The van der Waals surface area contributed by atoms with E-state index in [-0.39, 0.29) is 18.1 Å².